The molecule has 2 heterocycles. The Hall–Kier alpha value is -1.53. The number of hydrogen-bond acceptors (Lipinski definition) is 5. The van der Waals surface area contributed by atoms with Gasteiger partial charge in [0.05, 0.1) is 11.4 Å². The van der Waals surface area contributed by atoms with E-state index in [2.05, 4.69) is 0 Å². The van der Waals surface area contributed by atoms with Gasteiger partial charge in [-0.15, -0.1) is 11.3 Å². The molecule has 0 atom stereocenters. The molecule has 2 amide bonds. The number of carbonyl (C=O) groups is 3. The number of rotatable bonds is 4. The Balaban J connectivity index is 2.06. The normalized spacial score (nSPS) is 16.2. The third-order valence-electron chi connectivity index (χ3n) is 2.64. The van der Waals surface area contributed by atoms with Crippen molar-refractivity contribution < 1.29 is 19.1 Å². The van der Waals surface area contributed by atoms with Crippen LogP contribution in [0.1, 0.15) is 21.5 Å². The molecule has 1 aromatic heterocycles. The Morgan fingerprint density at radius 1 is 1.33 bits per heavy atom. The molecule has 0 bridgehead atoms. The average Bonchev–Trinajstić information content (AvgIpc) is 2.82. The summed E-state index contributed by atoms with van der Waals surface area (Å²) in [6.45, 7) is 1.55. The van der Waals surface area contributed by atoms with E-state index in [9.17, 15) is 14.4 Å². The summed E-state index contributed by atoms with van der Waals surface area (Å²) >= 11 is 1.40. The van der Waals surface area contributed by atoms with Crippen LogP contribution in [-0.2, 0) is 20.7 Å². The number of Topliss-reactive ketones (excluding diaryl/α,β-unsaturated/α-hetero) is 1. The van der Waals surface area contributed by atoms with Crippen molar-refractivity contribution in [2.24, 2.45) is 0 Å². The van der Waals surface area contributed by atoms with Gasteiger partial charge >= 0.3 is 0 Å². The maximum absolute atomic E-state index is 12.0. The van der Waals surface area contributed by atoms with Gasteiger partial charge in [0.1, 0.15) is 13.2 Å². The summed E-state index contributed by atoms with van der Waals surface area (Å²) in [5.74, 6) is -1.11. The van der Waals surface area contributed by atoms with Crippen molar-refractivity contribution in [2.45, 2.75) is 13.3 Å². The molecule has 1 fully saturated rings. The van der Waals surface area contributed by atoms with Crippen molar-refractivity contribution in [2.75, 3.05) is 19.8 Å². The molecular formula is C12H13NO4S. The molecule has 1 aliphatic heterocycles. The third-order valence-corrected chi connectivity index (χ3v) is 3.91. The Labute approximate surface area is 108 Å². The van der Waals surface area contributed by atoms with E-state index in [1.807, 2.05) is 13.0 Å². The second-order valence-electron chi connectivity index (χ2n) is 3.91. The van der Waals surface area contributed by atoms with Gasteiger partial charge in [0, 0.05) is 4.88 Å². The highest BCUT2D eigenvalue weighted by Crippen LogP contribution is 2.18. The standard InChI is InChI=1S/C12H13NO4S/c1-2-8-3-4-10(18-8)9(14)5-13-11(15)6-17-7-12(13)16/h3-4H,2,5-7H2,1H3. The van der Waals surface area contributed by atoms with E-state index in [-0.39, 0.29) is 25.5 Å². The number of amides is 2. The number of imide groups is 1. The van der Waals surface area contributed by atoms with Crippen LogP contribution in [0.2, 0.25) is 0 Å². The van der Waals surface area contributed by atoms with Gasteiger partial charge in [0.2, 0.25) is 0 Å². The first kappa shape index (κ1) is 12.9. The number of thiophene rings is 1. The predicted octanol–water partition coefficient (Wildman–Crippen LogP) is 0.879. The molecule has 0 aliphatic carbocycles. The predicted molar refractivity (Wildman–Crippen MR) is 65.6 cm³/mol. The fraction of sp³-hybridized carbons (Fsp3) is 0.417. The van der Waals surface area contributed by atoms with Gasteiger partial charge in [-0.2, -0.15) is 0 Å². The molecule has 0 radical (unpaired) electrons. The fourth-order valence-corrected chi connectivity index (χ4v) is 2.51. The first-order valence-electron chi connectivity index (χ1n) is 5.64. The van der Waals surface area contributed by atoms with Gasteiger partial charge in [-0.1, -0.05) is 6.92 Å². The highest BCUT2D eigenvalue weighted by molar-refractivity contribution is 7.14. The van der Waals surface area contributed by atoms with E-state index < -0.39 is 11.8 Å². The number of ketones is 1. The number of nitrogens with zero attached hydrogens (tertiary/aromatic N) is 1. The number of hydrogen-bond donors (Lipinski definition) is 0. The van der Waals surface area contributed by atoms with Crippen LogP contribution in [0.3, 0.4) is 0 Å². The topological polar surface area (TPSA) is 63.7 Å². The van der Waals surface area contributed by atoms with Gasteiger partial charge < -0.3 is 4.74 Å². The Morgan fingerprint density at radius 3 is 2.56 bits per heavy atom. The van der Waals surface area contributed by atoms with Crippen LogP contribution in [-0.4, -0.2) is 42.3 Å². The number of carbonyl (C=O) groups excluding carboxylic acids is 3. The molecule has 0 saturated carbocycles. The van der Waals surface area contributed by atoms with E-state index in [0.717, 1.165) is 16.2 Å². The zero-order chi connectivity index (χ0) is 13.1. The van der Waals surface area contributed by atoms with E-state index in [1.54, 1.807) is 6.07 Å². The zero-order valence-corrected chi connectivity index (χ0v) is 10.8. The molecule has 0 N–H and O–H groups in total. The smallest absolute Gasteiger partial charge is 0.255 e. The van der Waals surface area contributed by atoms with Crippen molar-refractivity contribution in [3.8, 4) is 0 Å². The van der Waals surface area contributed by atoms with Crippen molar-refractivity contribution in [1.82, 2.24) is 4.90 Å². The van der Waals surface area contributed by atoms with Crippen molar-refractivity contribution in [3.63, 3.8) is 0 Å². The van der Waals surface area contributed by atoms with Crippen LogP contribution in [0.5, 0.6) is 0 Å². The second-order valence-corrected chi connectivity index (χ2v) is 5.08. The molecule has 5 nitrogen and oxygen atoms in total. The average molecular weight is 267 g/mol. The molecule has 1 saturated heterocycles. The van der Waals surface area contributed by atoms with Crippen LogP contribution in [0.25, 0.3) is 0 Å². The number of ether oxygens (including phenoxy) is 1. The summed E-state index contributed by atoms with van der Waals surface area (Å²) in [7, 11) is 0. The third kappa shape index (κ3) is 2.65. The van der Waals surface area contributed by atoms with E-state index in [0.29, 0.717) is 4.88 Å². The fourth-order valence-electron chi connectivity index (χ4n) is 1.64. The monoisotopic (exact) mass is 267 g/mol. The largest absolute Gasteiger partial charge is 0.362 e. The molecule has 0 unspecified atom stereocenters. The van der Waals surface area contributed by atoms with Crippen molar-refractivity contribution >= 4 is 28.9 Å². The highest BCUT2D eigenvalue weighted by atomic mass is 32.1. The zero-order valence-electron chi connectivity index (χ0n) is 9.97. The van der Waals surface area contributed by atoms with Crippen LogP contribution < -0.4 is 0 Å². The minimum Gasteiger partial charge on any atom is -0.362 e. The highest BCUT2D eigenvalue weighted by Gasteiger charge is 2.28. The lowest BCUT2D eigenvalue weighted by Crippen LogP contribution is -2.48. The first-order chi connectivity index (χ1) is 8.61. The molecule has 6 heteroatoms. The molecule has 0 aromatic carbocycles. The van der Waals surface area contributed by atoms with E-state index in [4.69, 9.17) is 4.74 Å². The second kappa shape index (κ2) is 5.41. The Kier molecular flexibility index (Phi) is 3.88. The van der Waals surface area contributed by atoms with Gasteiger partial charge in [0.15, 0.2) is 5.78 Å². The summed E-state index contributed by atoms with van der Waals surface area (Å²) in [5, 5.41) is 0. The summed E-state index contributed by atoms with van der Waals surface area (Å²) in [6, 6.07) is 3.63. The molecule has 1 aliphatic rings. The maximum Gasteiger partial charge on any atom is 0.255 e. The lowest BCUT2D eigenvalue weighted by molar-refractivity contribution is -0.157. The number of aryl methyl sites for hydroxylation is 1. The van der Waals surface area contributed by atoms with Crippen LogP contribution in [0.4, 0.5) is 0 Å². The first-order valence-corrected chi connectivity index (χ1v) is 6.46. The lowest BCUT2D eigenvalue weighted by Gasteiger charge is -2.23. The van der Waals surface area contributed by atoms with Crippen LogP contribution in [0.15, 0.2) is 12.1 Å². The van der Waals surface area contributed by atoms with E-state index >= 15 is 0 Å². The van der Waals surface area contributed by atoms with Crippen LogP contribution in [0, 0.1) is 0 Å². The maximum atomic E-state index is 12.0. The van der Waals surface area contributed by atoms with Gasteiger partial charge in [-0.25, -0.2) is 0 Å². The van der Waals surface area contributed by atoms with Crippen LogP contribution >= 0.6 is 11.3 Å². The van der Waals surface area contributed by atoms with Gasteiger partial charge in [-0.3, -0.25) is 19.3 Å². The Bertz CT molecular complexity index is 478. The summed E-state index contributed by atoms with van der Waals surface area (Å²) < 4.78 is 4.78. The SMILES string of the molecule is CCc1ccc(C(=O)CN2C(=O)COCC2=O)s1. The van der Waals surface area contributed by atoms with Crippen molar-refractivity contribution in [1.29, 1.82) is 0 Å². The summed E-state index contributed by atoms with van der Waals surface area (Å²) in [4.78, 5) is 37.5. The summed E-state index contributed by atoms with van der Waals surface area (Å²) in [6.07, 6.45) is 0.868. The van der Waals surface area contributed by atoms with E-state index in [1.165, 1.54) is 11.3 Å². The Morgan fingerprint density at radius 2 is 2.00 bits per heavy atom. The minimum absolute atomic E-state index is 0.135. The molecule has 96 valence electrons. The summed E-state index contributed by atoms with van der Waals surface area (Å²) in [5.41, 5.74) is 0. The van der Waals surface area contributed by atoms with Gasteiger partial charge in [-0.05, 0) is 18.6 Å². The molecule has 0 spiro atoms. The van der Waals surface area contributed by atoms with Crippen molar-refractivity contribution in [3.05, 3.63) is 21.9 Å². The molecular weight excluding hydrogens is 254 g/mol. The van der Waals surface area contributed by atoms with Gasteiger partial charge in [0.25, 0.3) is 11.8 Å². The minimum atomic E-state index is -0.452. The molecule has 2 rings (SSSR count). The molecule has 18 heavy (non-hydrogen) atoms. The lowest BCUT2D eigenvalue weighted by atomic mass is 10.2. The quantitative estimate of drug-likeness (QED) is 0.600. The molecule has 1 aromatic rings. The number of morpholine rings is 1.